The summed E-state index contributed by atoms with van der Waals surface area (Å²) < 4.78 is 6.96. The summed E-state index contributed by atoms with van der Waals surface area (Å²) in [4.78, 5) is 32.2. The molecular formula is C22H29N5O5. The van der Waals surface area contributed by atoms with Gasteiger partial charge in [-0.1, -0.05) is 30.3 Å². The highest BCUT2D eigenvalue weighted by atomic mass is 16.7. The number of ether oxygens (including phenoxy) is 1. The van der Waals surface area contributed by atoms with E-state index >= 15 is 0 Å². The van der Waals surface area contributed by atoms with Crippen molar-refractivity contribution in [2.45, 2.75) is 51.6 Å². The summed E-state index contributed by atoms with van der Waals surface area (Å²) in [6.45, 7) is 6.64. The number of hydroxylamine groups is 2. The van der Waals surface area contributed by atoms with E-state index < -0.39 is 17.7 Å². The van der Waals surface area contributed by atoms with E-state index in [4.69, 9.17) is 9.57 Å². The van der Waals surface area contributed by atoms with Crippen molar-refractivity contribution >= 4 is 12.1 Å². The molecule has 1 fully saturated rings. The van der Waals surface area contributed by atoms with Crippen molar-refractivity contribution in [3.63, 3.8) is 0 Å². The van der Waals surface area contributed by atoms with Gasteiger partial charge in [0.15, 0.2) is 0 Å². The lowest BCUT2D eigenvalue weighted by Gasteiger charge is -2.27. The molecule has 1 unspecified atom stereocenters. The molecule has 2 aliphatic rings. The largest absolute Gasteiger partial charge is 0.444 e. The molecule has 3 amide bonds. The van der Waals surface area contributed by atoms with E-state index in [1.807, 2.05) is 36.5 Å². The Labute approximate surface area is 186 Å². The molecule has 2 atom stereocenters. The van der Waals surface area contributed by atoms with E-state index in [-0.39, 0.29) is 25.3 Å². The molecule has 2 bridgehead atoms. The number of urea groups is 1. The Kier molecular flexibility index (Phi) is 6.07. The first-order valence-corrected chi connectivity index (χ1v) is 10.7. The number of hydrogen-bond donors (Lipinski definition) is 2. The quantitative estimate of drug-likeness (QED) is 0.680. The normalized spacial score (nSPS) is 19.8. The molecule has 10 nitrogen and oxygen atoms in total. The number of fused-ring (bicyclic) bond motifs is 4. The summed E-state index contributed by atoms with van der Waals surface area (Å²) in [6.07, 6.45) is 1.37. The Morgan fingerprint density at radius 1 is 1.28 bits per heavy atom. The minimum Gasteiger partial charge on any atom is -0.444 e. The average Bonchev–Trinajstić information content (AvgIpc) is 3.27. The van der Waals surface area contributed by atoms with Gasteiger partial charge in [-0.2, -0.15) is 10.2 Å². The van der Waals surface area contributed by atoms with Crippen molar-refractivity contribution in [3.05, 3.63) is 53.3 Å². The third kappa shape index (κ3) is 4.56. The Balaban J connectivity index is 1.45. The van der Waals surface area contributed by atoms with Gasteiger partial charge < -0.3 is 20.1 Å². The number of nitrogens with zero attached hydrogens (tertiary/aromatic N) is 4. The van der Waals surface area contributed by atoms with E-state index in [9.17, 15) is 14.7 Å². The van der Waals surface area contributed by atoms with Gasteiger partial charge in [0.1, 0.15) is 24.3 Å². The Hall–Kier alpha value is -3.11. The standard InChI is InChI=1S/C22H29N5O5/c1-22(2,3)32-20(29)23-9-10-25-11-16-17-12-26(18(13-28)19(16)24-25)21(30)27(17)31-14-15-7-5-4-6-8-15/h4-8,11,17-18,28H,9-10,12-14H2,1-3H3,(H,23,29)/t17-,18?/m1/s1. The van der Waals surface area contributed by atoms with Crippen LogP contribution in [-0.2, 0) is 22.7 Å². The van der Waals surface area contributed by atoms with Gasteiger partial charge >= 0.3 is 12.1 Å². The van der Waals surface area contributed by atoms with Crippen LogP contribution in [0.5, 0.6) is 0 Å². The van der Waals surface area contributed by atoms with E-state index in [0.29, 0.717) is 25.3 Å². The van der Waals surface area contributed by atoms with Crippen molar-refractivity contribution in [2.75, 3.05) is 19.7 Å². The lowest BCUT2D eigenvalue weighted by Crippen LogP contribution is -2.36. The van der Waals surface area contributed by atoms with Gasteiger partial charge in [-0.15, -0.1) is 0 Å². The molecule has 2 N–H and O–H groups in total. The fourth-order valence-corrected chi connectivity index (χ4v) is 3.95. The molecule has 0 spiro atoms. The lowest BCUT2D eigenvalue weighted by atomic mass is 9.99. The molecule has 1 aromatic carbocycles. The first kappa shape index (κ1) is 22.1. The van der Waals surface area contributed by atoms with Crippen LogP contribution in [0.25, 0.3) is 0 Å². The number of alkyl carbamates (subject to hydrolysis) is 1. The smallest absolute Gasteiger partial charge is 0.407 e. The number of carbonyl (C=O) groups is 2. The fourth-order valence-electron chi connectivity index (χ4n) is 3.95. The maximum Gasteiger partial charge on any atom is 0.407 e. The molecule has 10 heteroatoms. The van der Waals surface area contributed by atoms with E-state index in [1.165, 1.54) is 5.06 Å². The molecule has 32 heavy (non-hydrogen) atoms. The summed E-state index contributed by atoms with van der Waals surface area (Å²) in [6, 6.07) is 8.52. The van der Waals surface area contributed by atoms with E-state index in [0.717, 1.165) is 11.1 Å². The highest BCUT2D eigenvalue weighted by molar-refractivity contribution is 5.78. The SMILES string of the molecule is CC(C)(C)OC(=O)NCCn1cc2c(n1)C(CO)N1C[C@H]2N(OCc2ccccc2)C1=O. The fraction of sp³-hybridized carbons (Fsp3) is 0.500. The number of benzene rings is 1. The average molecular weight is 444 g/mol. The summed E-state index contributed by atoms with van der Waals surface area (Å²) in [7, 11) is 0. The molecule has 0 saturated carbocycles. The van der Waals surface area contributed by atoms with E-state index in [2.05, 4.69) is 10.4 Å². The molecule has 4 rings (SSSR count). The highest BCUT2D eigenvalue weighted by Crippen LogP contribution is 2.43. The zero-order chi connectivity index (χ0) is 22.9. The number of carbonyl (C=O) groups excluding carboxylic acids is 2. The molecule has 0 radical (unpaired) electrons. The minimum absolute atomic E-state index is 0.231. The minimum atomic E-state index is -0.563. The topological polar surface area (TPSA) is 109 Å². The van der Waals surface area contributed by atoms with Crippen LogP contribution in [0.1, 0.15) is 49.7 Å². The Bertz CT molecular complexity index is 971. The van der Waals surface area contributed by atoms with Gasteiger partial charge in [0.25, 0.3) is 0 Å². The van der Waals surface area contributed by atoms with Crippen LogP contribution in [0.2, 0.25) is 0 Å². The lowest BCUT2D eigenvalue weighted by molar-refractivity contribution is -0.141. The van der Waals surface area contributed by atoms with Gasteiger partial charge in [0, 0.05) is 18.3 Å². The van der Waals surface area contributed by atoms with E-state index in [1.54, 1.807) is 30.4 Å². The second-order valence-electron chi connectivity index (χ2n) is 8.90. The van der Waals surface area contributed by atoms with Crippen LogP contribution in [0, 0.1) is 0 Å². The van der Waals surface area contributed by atoms with Crippen LogP contribution in [0.4, 0.5) is 9.59 Å². The molecule has 3 heterocycles. The molecule has 2 aliphatic heterocycles. The monoisotopic (exact) mass is 443 g/mol. The molecule has 1 saturated heterocycles. The van der Waals surface area contributed by atoms with Crippen LogP contribution in [0.3, 0.4) is 0 Å². The second-order valence-corrected chi connectivity index (χ2v) is 8.90. The second kappa shape index (κ2) is 8.79. The van der Waals surface area contributed by atoms with Gasteiger partial charge in [-0.05, 0) is 26.3 Å². The predicted octanol–water partition coefficient (Wildman–Crippen LogP) is 2.37. The number of aliphatic hydroxyl groups is 1. The molecular weight excluding hydrogens is 414 g/mol. The summed E-state index contributed by atoms with van der Waals surface area (Å²) in [5.74, 6) is 0. The van der Waals surface area contributed by atoms with Gasteiger partial charge in [0.2, 0.25) is 0 Å². The number of rotatable bonds is 7. The van der Waals surface area contributed by atoms with Gasteiger partial charge in [-0.3, -0.25) is 9.52 Å². The molecule has 1 aromatic heterocycles. The zero-order valence-corrected chi connectivity index (χ0v) is 18.5. The van der Waals surface area contributed by atoms with Gasteiger partial charge in [0.05, 0.1) is 25.4 Å². The third-order valence-electron chi connectivity index (χ3n) is 5.35. The van der Waals surface area contributed by atoms with Crippen molar-refractivity contribution in [1.82, 2.24) is 25.1 Å². The molecule has 172 valence electrons. The van der Waals surface area contributed by atoms with Crippen molar-refractivity contribution in [3.8, 4) is 0 Å². The first-order valence-electron chi connectivity index (χ1n) is 10.7. The zero-order valence-electron chi connectivity index (χ0n) is 18.5. The van der Waals surface area contributed by atoms with Crippen LogP contribution in [-0.4, -0.2) is 62.3 Å². The van der Waals surface area contributed by atoms with Gasteiger partial charge in [-0.25, -0.2) is 9.59 Å². The number of aliphatic hydroxyl groups excluding tert-OH is 1. The number of aromatic nitrogens is 2. The maximum absolute atomic E-state index is 12.9. The van der Waals surface area contributed by atoms with Crippen LogP contribution < -0.4 is 5.32 Å². The maximum atomic E-state index is 12.9. The molecule has 0 aliphatic carbocycles. The van der Waals surface area contributed by atoms with Crippen LogP contribution >= 0.6 is 0 Å². The summed E-state index contributed by atoms with van der Waals surface area (Å²) in [5, 5.41) is 18.6. The summed E-state index contributed by atoms with van der Waals surface area (Å²) in [5.41, 5.74) is 1.89. The number of hydrogen-bond acceptors (Lipinski definition) is 6. The van der Waals surface area contributed by atoms with Crippen LogP contribution in [0.15, 0.2) is 36.5 Å². The molecule has 2 aromatic rings. The predicted molar refractivity (Wildman–Crippen MR) is 114 cm³/mol. The number of nitrogens with one attached hydrogen (secondary N) is 1. The Morgan fingerprint density at radius 3 is 2.72 bits per heavy atom. The highest BCUT2D eigenvalue weighted by Gasteiger charge is 2.50. The van der Waals surface area contributed by atoms with Crippen molar-refractivity contribution in [2.24, 2.45) is 0 Å². The first-order chi connectivity index (χ1) is 15.3. The third-order valence-corrected chi connectivity index (χ3v) is 5.35. The van der Waals surface area contributed by atoms with Crippen molar-refractivity contribution in [1.29, 1.82) is 0 Å². The summed E-state index contributed by atoms with van der Waals surface area (Å²) >= 11 is 0. The van der Waals surface area contributed by atoms with Crippen molar-refractivity contribution < 1.29 is 24.3 Å². The Morgan fingerprint density at radius 2 is 2.03 bits per heavy atom. The number of amides is 3.